The van der Waals surface area contributed by atoms with Crippen molar-refractivity contribution in [1.29, 1.82) is 0 Å². The van der Waals surface area contributed by atoms with E-state index >= 15 is 0 Å². The zero-order chi connectivity index (χ0) is 15.0. The predicted molar refractivity (Wildman–Crippen MR) is 90.7 cm³/mol. The molecule has 0 spiro atoms. The molecule has 0 atom stereocenters. The molecule has 0 aliphatic heterocycles. The Morgan fingerprint density at radius 3 is 2.14 bits per heavy atom. The molecular formula is C20H25N. The molecule has 1 aliphatic carbocycles. The van der Waals surface area contributed by atoms with Crippen molar-refractivity contribution in [3.05, 3.63) is 58.1 Å². The first-order valence-corrected chi connectivity index (χ1v) is 7.96. The minimum Gasteiger partial charge on any atom is -0.310 e. The summed E-state index contributed by atoms with van der Waals surface area (Å²) >= 11 is 0. The molecule has 1 aliphatic rings. The lowest BCUT2D eigenvalue weighted by Crippen LogP contribution is -2.15. The number of benzene rings is 2. The molecular weight excluding hydrogens is 254 g/mol. The van der Waals surface area contributed by atoms with Crippen LogP contribution >= 0.6 is 0 Å². The smallest absolute Gasteiger partial charge is 0.0208 e. The molecule has 1 nitrogen and oxygen atoms in total. The van der Waals surface area contributed by atoms with Gasteiger partial charge in [-0.05, 0) is 79.5 Å². The lowest BCUT2D eigenvalue weighted by molar-refractivity contribution is 0.687. The standard InChI is InChI=1S/C20H25N/c1-13-9-15(3)20(11-14(13)2)19-8-5-17(10-16(19)4)12-21-18-6-7-18/h5,8-11,18,21H,6-7,12H2,1-4H3. The van der Waals surface area contributed by atoms with Crippen molar-refractivity contribution in [3.8, 4) is 11.1 Å². The van der Waals surface area contributed by atoms with Gasteiger partial charge in [0.25, 0.3) is 0 Å². The molecule has 0 saturated heterocycles. The first-order valence-electron chi connectivity index (χ1n) is 7.96. The topological polar surface area (TPSA) is 12.0 Å². The minimum atomic E-state index is 0.770. The highest BCUT2D eigenvalue weighted by Crippen LogP contribution is 2.30. The molecule has 2 aromatic rings. The van der Waals surface area contributed by atoms with Crippen LogP contribution in [-0.4, -0.2) is 6.04 Å². The van der Waals surface area contributed by atoms with Gasteiger partial charge in [0.15, 0.2) is 0 Å². The molecule has 1 heteroatoms. The maximum Gasteiger partial charge on any atom is 0.0208 e. The van der Waals surface area contributed by atoms with Crippen LogP contribution < -0.4 is 5.32 Å². The highest BCUT2D eigenvalue weighted by molar-refractivity contribution is 5.72. The third-order valence-corrected chi connectivity index (χ3v) is 4.59. The van der Waals surface area contributed by atoms with Crippen molar-refractivity contribution < 1.29 is 0 Å². The summed E-state index contributed by atoms with van der Waals surface area (Å²) in [5.41, 5.74) is 9.61. The summed E-state index contributed by atoms with van der Waals surface area (Å²) in [5.74, 6) is 0. The molecule has 1 fully saturated rings. The molecule has 3 rings (SSSR count). The molecule has 0 unspecified atom stereocenters. The van der Waals surface area contributed by atoms with Gasteiger partial charge in [-0.25, -0.2) is 0 Å². The summed E-state index contributed by atoms with van der Waals surface area (Å²) < 4.78 is 0. The van der Waals surface area contributed by atoms with Crippen LogP contribution in [0.25, 0.3) is 11.1 Å². The molecule has 21 heavy (non-hydrogen) atoms. The van der Waals surface area contributed by atoms with Gasteiger partial charge in [-0.3, -0.25) is 0 Å². The van der Waals surface area contributed by atoms with Crippen molar-refractivity contribution in [1.82, 2.24) is 5.32 Å². The second-order valence-corrected chi connectivity index (χ2v) is 6.56. The first kappa shape index (κ1) is 14.3. The van der Waals surface area contributed by atoms with Crippen molar-refractivity contribution in [2.45, 2.75) is 53.1 Å². The van der Waals surface area contributed by atoms with Gasteiger partial charge in [-0.2, -0.15) is 0 Å². The van der Waals surface area contributed by atoms with Crippen LogP contribution in [-0.2, 0) is 6.54 Å². The predicted octanol–water partition coefficient (Wildman–Crippen LogP) is 4.84. The number of hydrogen-bond donors (Lipinski definition) is 1. The number of aryl methyl sites for hydroxylation is 4. The Bertz CT molecular complexity index is 666. The highest BCUT2D eigenvalue weighted by atomic mass is 14.9. The van der Waals surface area contributed by atoms with Crippen LogP contribution in [0.3, 0.4) is 0 Å². The summed E-state index contributed by atoms with van der Waals surface area (Å²) in [4.78, 5) is 0. The van der Waals surface area contributed by atoms with E-state index in [4.69, 9.17) is 0 Å². The fraction of sp³-hybridized carbons (Fsp3) is 0.400. The van der Waals surface area contributed by atoms with Gasteiger partial charge in [0.1, 0.15) is 0 Å². The van der Waals surface area contributed by atoms with Crippen molar-refractivity contribution in [3.63, 3.8) is 0 Å². The molecule has 1 N–H and O–H groups in total. The van der Waals surface area contributed by atoms with Gasteiger partial charge in [0.05, 0.1) is 0 Å². The van der Waals surface area contributed by atoms with E-state index in [1.807, 2.05) is 0 Å². The van der Waals surface area contributed by atoms with E-state index in [9.17, 15) is 0 Å². The van der Waals surface area contributed by atoms with E-state index in [2.05, 4.69) is 63.3 Å². The zero-order valence-corrected chi connectivity index (χ0v) is 13.6. The van der Waals surface area contributed by atoms with Gasteiger partial charge in [-0.15, -0.1) is 0 Å². The average Bonchev–Trinajstić information content (AvgIpc) is 3.25. The third kappa shape index (κ3) is 3.19. The van der Waals surface area contributed by atoms with Crippen LogP contribution in [0.2, 0.25) is 0 Å². The fourth-order valence-electron chi connectivity index (χ4n) is 2.94. The Morgan fingerprint density at radius 1 is 0.810 bits per heavy atom. The molecule has 0 bridgehead atoms. The van der Waals surface area contributed by atoms with Crippen LogP contribution in [0.1, 0.15) is 40.7 Å². The number of nitrogens with one attached hydrogen (secondary N) is 1. The molecule has 1 saturated carbocycles. The Hall–Kier alpha value is -1.60. The number of rotatable bonds is 4. The van der Waals surface area contributed by atoms with Crippen molar-refractivity contribution in [2.75, 3.05) is 0 Å². The normalized spacial score (nSPS) is 14.5. The molecule has 0 heterocycles. The summed E-state index contributed by atoms with van der Waals surface area (Å²) in [6, 6.07) is 12.3. The quantitative estimate of drug-likeness (QED) is 0.844. The zero-order valence-electron chi connectivity index (χ0n) is 13.6. The van der Waals surface area contributed by atoms with Crippen LogP contribution in [0.4, 0.5) is 0 Å². The summed E-state index contributed by atoms with van der Waals surface area (Å²) in [7, 11) is 0. The second kappa shape index (κ2) is 5.65. The molecule has 0 amide bonds. The fourth-order valence-corrected chi connectivity index (χ4v) is 2.94. The third-order valence-electron chi connectivity index (χ3n) is 4.59. The molecule has 110 valence electrons. The van der Waals surface area contributed by atoms with Gasteiger partial charge in [-0.1, -0.05) is 30.3 Å². The van der Waals surface area contributed by atoms with Gasteiger partial charge < -0.3 is 5.32 Å². The lowest BCUT2D eigenvalue weighted by Gasteiger charge is -2.14. The van der Waals surface area contributed by atoms with E-state index in [-0.39, 0.29) is 0 Å². The Balaban J connectivity index is 1.89. The van der Waals surface area contributed by atoms with E-state index < -0.39 is 0 Å². The molecule has 2 aromatic carbocycles. The lowest BCUT2D eigenvalue weighted by atomic mass is 9.92. The van der Waals surface area contributed by atoms with Gasteiger partial charge >= 0.3 is 0 Å². The minimum absolute atomic E-state index is 0.770. The van der Waals surface area contributed by atoms with E-state index in [0.717, 1.165) is 12.6 Å². The average molecular weight is 279 g/mol. The Labute approximate surface area is 128 Å². The monoisotopic (exact) mass is 279 g/mol. The molecule has 0 radical (unpaired) electrons. The maximum absolute atomic E-state index is 3.59. The van der Waals surface area contributed by atoms with Crippen LogP contribution in [0.15, 0.2) is 30.3 Å². The SMILES string of the molecule is Cc1cc(C)c(-c2ccc(CNC3CC3)cc2C)cc1C. The maximum atomic E-state index is 3.59. The second-order valence-electron chi connectivity index (χ2n) is 6.56. The summed E-state index contributed by atoms with van der Waals surface area (Å²) in [5, 5.41) is 3.59. The van der Waals surface area contributed by atoms with Crippen LogP contribution in [0, 0.1) is 27.7 Å². The van der Waals surface area contributed by atoms with Gasteiger partial charge in [0.2, 0.25) is 0 Å². The van der Waals surface area contributed by atoms with Gasteiger partial charge in [0, 0.05) is 12.6 Å². The highest BCUT2D eigenvalue weighted by Gasteiger charge is 2.20. The molecule has 0 aromatic heterocycles. The van der Waals surface area contributed by atoms with E-state index in [1.54, 1.807) is 0 Å². The largest absolute Gasteiger partial charge is 0.310 e. The summed E-state index contributed by atoms with van der Waals surface area (Å²) in [6.45, 7) is 9.82. The first-order chi connectivity index (χ1) is 10.0. The van der Waals surface area contributed by atoms with E-state index in [0.29, 0.717) is 0 Å². The Morgan fingerprint density at radius 2 is 1.48 bits per heavy atom. The van der Waals surface area contributed by atoms with E-state index in [1.165, 1.54) is 51.8 Å². The number of hydrogen-bond acceptors (Lipinski definition) is 1. The Kier molecular flexibility index (Phi) is 3.86. The van der Waals surface area contributed by atoms with Crippen molar-refractivity contribution >= 4 is 0 Å². The van der Waals surface area contributed by atoms with Crippen LogP contribution in [0.5, 0.6) is 0 Å². The van der Waals surface area contributed by atoms with Crippen molar-refractivity contribution in [2.24, 2.45) is 0 Å². The summed E-state index contributed by atoms with van der Waals surface area (Å²) in [6.07, 6.45) is 2.69.